The third kappa shape index (κ3) is 6.87. The second kappa shape index (κ2) is 13.0. The Bertz CT molecular complexity index is 1280. The van der Waals surface area contributed by atoms with E-state index in [1.165, 1.54) is 48.0 Å². The molecule has 1 fully saturated rings. The standard InChI is InChI=1S/C29H36N4O3S/c1-21-31-25-7-6-8-26(28(25)29(36)33(21)24(19-34)13-14-27(35)30-2)37-20-23-11-9-22(10-12-23)15-18-32-16-4-3-5-17-32/h6-12,19,24H,3-5,13-18,20H2,1-2H3,(H,30,35). The van der Waals surface area contributed by atoms with Gasteiger partial charge in [0.25, 0.3) is 5.56 Å². The first-order valence-electron chi connectivity index (χ1n) is 13.1. The predicted molar refractivity (Wildman–Crippen MR) is 149 cm³/mol. The van der Waals surface area contributed by atoms with Crippen molar-refractivity contribution >= 4 is 34.9 Å². The average molecular weight is 521 g/mol. The first-order chi connectivity index (χ1) is 18.0. The quantitative estimate of drug-likeness (QED) is 0.300. The number of aromatic nitrogens is 2. The van der Waals surface area contributed by atoms with Gasteiger partial charge in [-0.3, -0.25) is 14.2 Å². The highest BCUT2D eigenvalue weighted by molar-refractivity contribution is 7.98. The first kappa shape index (κ1) is 27.1. The van der Waals surface area contributed by atoms with Gasteiger partial charge < -0.3 is 15.0 Å². The minimum Gasteiger partial charge on any atom is -0.359 e. The van der Waals surface area contributed by atoms with Crippen LogP contribution in [0.25, 0.3) is 10.9 Å². The number of rotatable bonds is 11. The summed E-state index contributed by atoms with van der Waals surface area (Å²) in [7, 11) is 1.56. The third-order valence-electron chi connectivity index (χ3n) is 7.09. The van der Waals surface area contributed by atoms with E-state index in [1.54, 1.807) is 25.7 Å². The van der Waals surface area contributed by atoms with E-state index >= 15 is 0 Å². The lowest BCUT2D eigenvalue weighted by molar-refractivity contribution is -0.121. The van der Waals surface area contributed by atoms with Crippen LogP contribution in [0.2, 0.25) is 0 Å². The van der Waals surface area contributed by atoms with Gasteiger partial charge >= 0.3 is 0 Å². The fraction of sp³-hybridized carbons (Fsp3) is 0.448. The summed E-state index contributed by atoms with van der Waals surface area (Å²) in [6.07, 6.45) is 6.20. The Balaban J connectivity index is 1.48. The van der Waals surface area contributed by atoms with Crippen molar-refractivity contribution in [1.29, 1.82) is 0 Å². The van der Waals surface area contributed by atoms with Crippen LogP contribution in [0.4, 0.5) is 0 Å². The summed E-state index contributed by atoms with van der Waals surface area (Å²) in [4.78, 5) is 45.2. The van der Waals surface area contributed by atoms with Crippen LogP contribution in [-0.2, 0) is 21.8 Å². The fourth-order valence-electron chi connectivity index (χ4n) is 4.93. The number of amides is 1. The maximum atomic E-state index is 13.6. The number of thioether (sulfide) groups is 1. The highest BCUT2D eigenvalue weighted by Crippen LogP contribution is 2.29. The van der Waals surface area contributed by atoms with Crippen molar-refractivity contribution in [1.82, 2.24) is 19.8 Å². The van der Waals surface area contributed by atoms with E-state index in [0.29, 0.717) is 16.7 Å². The molecule has 196 valence electrons. The molecule has 1 unspecified atom stereocenters. The summed E-state index contributed by atoms with van der Waals surface area (Å²) in [6, 6.07) is 13.7. The lowest BCUT2D eigenvalue weighted by Crippen LogP contribution is -2.31. The van der Waals surface area contributed by atoms with Gasteiger partial charge in [0.05, 0.1) is 16.9 Å². The molecule has 1 aliphatic heterocycles. The van der Waals surface area contributed by atoms with Crippen LogP contribution < -0.4 is 10.9 Å². The van der Waals surface area contributed by atoms with Gasteiger partial charge in [0.1, 0.15) is 12.1 Å². The number of fused-ring (bicyclic) bond motifs is 1. The molecule has 1 atom stereocenters. The molecule has 0 aliphatic carbocycles. The summed E-state index contributed by atoms with van der Waals surface area (Å²) in [5, 5.41) is 3.07. The number of hydrogen-bond donors (Lipinski definition) is 1. The minimum atomic E-state index is -0.739. The van der Waals surface area contributed by atoms with Crippen molar-refractivity contribution in [3.8, 4) is 0 Å². The van der Waals surface area contributed by atoms with Gasteiger partial charge in [-0.15, -0.1) is 11.8 Å². The molecule has 7 nitrogen and oxygen atoms in total. The van der Waals surface area contributed by atoms with Crippen molar-refractivity contribution in [2.45, 2.75) is 62.1 Å². The van der Waals surface area contributed by atoms with Gasteiger partial charge in [-0.25, -0.2) is 4.98 Å². The second-order valence-electron chi connectivity index (χ2n) is 9.66. The van der Waals surface area contributed by atoms with E-state index in [0.717, 1.165) is 29.9 Å². The van der Waals surface area contributed by atoms with Crippen LogP contribution in [0, 0.1) is 6.92 Å². The fourth-order valence-corrected chi connectivity index (χ4v) is 5.96. The molecule has 3 aromatic rings. The van der Waals surface area contributed by atoms with Gasteiger partial charge in [0.2, 0.25) is 5.91 Å². The summed E-state index contributed by atoms with van der Waals surface area (Å²) in [5.74, 6) is 1.03. The van der Waals surface area contributed by atoms with Gasteiger partial charge in [-0.05, 0) is 69.0 Å². The molecular formula is C29H36N4O3S. The van der Waals surface area contributed by atoms with E-state index in [9.17, 15) is 14.4 Å². The summed E-state index contributed by atoms with van der Waals surface area (Å²) in [5.41, 5.74) is 2.92. The van der Waals surface area contributed by atoms with E-state index in [4.69, 9.17) is 0 Å². The van der Waals surface area contributed by atoms with Crippen LogP contribution >= 0.6 is 11.8 Å². The molecule has 37 heavy (non-hydrogen) atoms. The van der Waals surface area contributed by atoms with E-state index in [2.05, 4.69) is 39.5 Å². The van der Waals surface area contributed by atoms with Crippen molar-refractivity contribution in [2.75, 3.05) is 26.7 Å². The molecular weight excluding hydrogens is 484 g/mol. The molecule has 0 spiro atoms. The van der Waals surface area contributed by atoms with Crippen molar-refractivity contribution in [2.24, 2.45) is 0 Å². The van der Waals surface area contributed by atoms with Crippen LogP contribution in [-0.4, -0.2) is 53.3 Å². The molecule has 1 aliphatic rings. The van der Waals surface area contributed by atoms with E-state index < -0.39 is 6.04 Å². The smallest absolute Gasteiger partial charge is 0.263 e. The Labute approximate surface area is 222 Å². The Morgan fingerprint density at radius 1 is 1.11 bits per heavy atom. The number of aldehydes is 1. The number of carbonyl (C=O) groups is 2. The zero-order valence-electron chi connectivity index (χ0n) is 21.7. The van der Waals surface area contributed by atoms with Gasteiger partial charge in [0.15, 0.2) is 0 Å². The van der Waals surface area contributed by atoms with Crippen molar-refractivity contribution < 1.29 is 9.59 Å². The Morgan fingerprint density at radius 2 is 1.84 bits per heavy atom. The second-order valence-corrected chi connectivity index (χ2v) is 10.7. The monoisotopic (exact) mass is 520 g/mol. The number of likely N-dealkylation sites (tertiary alicyclic amines) is 1. The molecule has 8 heteroatoms. The number of benzene rings is 2. The maximum absolute atomic E-state index is 13.6. The zero-order chi connectivity index (χ0) is 26.2. The lowest BCUT2D eigenvalue weighted by Gasteiger charge is -2.26. The molecule has 0 saturated carbocycles. The van der Waals surface area contributed by atoms with Gasteiger partial charge in [0, 0.05) is 30.7 Å². The first-order valence-corrected chi connectivity index (χ1v) is 14.1. The number of hydrogen-bond acceptors (Lipinski definition) is 6. The van der Waals surface area contributed by atoms with E-state index in [-0.39, 0.29) is 24.3 Å². The lowest BCUT2D eigenvalue weighted by atomic mass is 10.1. The topological polar surface area (TPSA) is 84.3 Å². The Morgan fingerprint density at radius 3 is 2.54 bits per heavy atom. The Hall–Kier alpha value is -2.97. The van der Waals surface area contributed by atoms with E-state index in [1.807, 2.05) is 18.2 Å². The van der Waals surface area contributed by atoms with Crippen molar-refractivity contribution in [3.63, 3.8) is 0 Å². The molecule has 0 radical (unpaired) electrons. The molecule has 1 N–H and O–H groups in total. The maximum Gasteiger partial charge on any atom is 0.263 e. The summed E-state index contributed by atoms with van der Waals surface area (Å²) in [6.45, 7) is 5.28. The highest BCUT2D eigenvalue weighted by Gasteiger charge is 2.20. The van der Waals surface area contributed by atoms with Gasteiger partial charge in [-0.2, -0.15) is 0 Å². The van der Waals surface area contributed by atoms with Crippen molar-refractivity contribution in [3.05, 3.63) is 69.8 Å². The molecule has 1 aromatic heterocycles. The van der Waals surface area contributed by atoms with Crippen LogP contribution in [0.5, 0.6) is 0 Å². The largest absolute Gasteiger partial charge is 0.359 e. The number of carbonyl (C=O) groups excluding carboxylic acids is 2. The predicted octanol–water partition coefficient (Wildman–Crippen LogP) is 4.29. The average Bonchev–Trinajstić information content (AvgIpc) is 2.93. The summed E-state index contributed by atoms with van der Waals surface area (Å²) >= 11 is 1.60. The third-order valence-corrected chi connectivity index (χ3v) is 8.21. The zero-order valence-corrected chi connectivity index (χ0v) is 22.6. The SMILES string of the molecule is CNC(=O)CCC(C=O)n1c(C)nc2cccc(SCc3ccc(CCN4CCCCC4)cc3)c2c1=O. The Kier molecular flexibility index (Phi) is 9.52. The number of nitrogens with one attached hydrogen (secondary N) is 1. The molecule has 1 amide bonds. The molecule has 0 bridgehead atoms. The summed E-state index contributed by atoms with van der Waals surface area (Å²) < 4.78 is 1.43. The van der Waals surface area contributed by atoms with Gasteiger partial charge in [-0.1, -0.05) is 36.8 Å². The molecule has 1 saturated heterocycles. The van der Waals surface area contributed by atoms with Crippen LogP contribution in [0.3, 0.4) is 0 Å². The number of aryl methyl sites for hydroxylation is 1. The molecule has 4 rings (SSSR count). The number of nitrogens with zero attached hydrogens (tertiary/aromatic N) is 3. The normalized spacial score (nSPS) is 15.0. The number of piperidine rings is 1. The van der Waals surface area contributed by atoms with Crippen LogP contribution in [0.15, 0.2) is 52.2 Å². The highest BCUT2D eigenvalue weighted by atomic mass is 32.2. The van der Waals surface area contributed by atoms with Crippen LogP contribution in [0.1, 0.15) is 55.1 Å². The molecule has 2 aromatic carbocycles. The minimum absolute atomic E-state index is 0.161. The molecule has 2 heterocycles.